The lowest BCUT2D eigenvalue weighted by atomic mass is 10.1. The molecule has 0 atom stereocenters. The van der Waals surface area contributed by atoms with Crippen LogP contribution in [0.15, 0.2) is 77.7 Å². The highest BCUT2D eigenvalue weighted by Crippen LogP contribution is 2.26. The third-order valence-corrected chi connectivity index (χ3v) is 7.24. The molecule has 0 saturated carbocycles. The maximum atomic E-state index is 13.4. The fourth-order valence-corrected chi connectivity index (χ4v) is 4.95. The van der Waals surface area contributed by atoms with Gasteiger partial charge in [-0.3, -0.25) is 9.10 Å². The zero-order chi connectivity index (χ0) is 25.3. The molecular formula is C27H32N2O5S. The molecule has 3 rings (SSSR count). The fraction of sp³-hybridized carbons (Fsp3) is 0.296. The normalized spacial score (nSPS) is 11.1. The first-order valence-corrected chi connectivity index (χ1v) is 13.0. The molecule has 1 N–H and O–H groups in total. The molecule has 0 aliphatic rings. The van der Waals surface area contributed by atoms with Crippen molar-refractivity contribution in [3.05, 3.63) is 83.9 Å². The Morgan fingerprint density at radius 2 is 1.54 bits per heavy atom. The van der Waals surface area contributed by atoms with E-state index in [0.29, 0.717) is 24.6 Å². The van der Waals surface area contributed by atoms with E-state index in [1.807, 2.05) is 38.1 Å². The van der Waals surface area contributed by atoms with Crippen molar-refractivity contribution >= 4 is 21.6 Å². The Kier molecular flexibility index (Phi) is 9.14. The van der Waals surface area contributed by atoms with Crippen molar-refractivity contribution in [2.45, 2.75) is 31.6 Å². The Morgan fingerprint density at radius 3 is 2.14 bits per heavy atom. The number of nitrogens with one attached hydrogen (secondary N) is 1. The van der Waals surface area contributed by atoms with Crippen LogP contribution in [0.25, 0.3) is 0 Å². The molecule has 1 amide bonds. The number of amides is 1. The van der Waals surface area contributed by atoms with E-state index in [4.69, 9.17) is 9.47 Å². The number of aryl methyl sites for hydroxylation is 2. The van der Waals surface area contributed by atoms with E-state index < -0.39 is 10.0 Å². The minimum atomic E-state index is -3.95. The van der Waals surface area contributed by atoms with Gasteiger partial charge in [-0.2, -0.15) is 0 Å². The third kappa shape index (κ3) is 7.23. The third-order valence-electron chi connectivity index (χ3n) is 5.46. The molecular weight excluding hydrogens is 464 g/mol. The van der Waals surface area contributed by atoms with Crippen LogP contribution >= 0.6 is 0 Å². The highest BCUT2D eigenvalue weighted by Gasteiger charge is 2.27. The number of rotatable bonds is 12. The van der Waals surface area contributed by atoms with Gasteiger partial charge in [0.05, 0.1) is 24.3 Å². The first kappa shape index (κ1) is 26.1. The zero-order valence-corrected chi connectivity index (χ0v) is 21.2. The quantitative estimate of drug-likeness (QED) is 0.377. The summed E-state index contributed by atoms with van der Waals surface area (Å²) >= 11 is 0. The summed E-state index contributed by atoms with van der Waals surface area (Å²) < 4.78 is 38.6. The summed E-state index contributed by atoms with van der Waals surface area (Å²) in [5.41, 5.74) is 2.48. The van der Waals surface area contributed by atoms with Gasteiger partial charge in [0.2, 0.25) is 5.91 Å². The van der Waals surface area contributed by atoms with Crippen LogP contribution in [0.5, 0.6) is 11.5 Å². The second-order valence-electron chi connectivity index (χ2n) is 8.05. The maximum Gasteiger partial charge on any atom is 0.264 e. The first-order chi connectivity index (χ1) is 16.8. The molecule has 0 aliphatic heterocycles. The Morgan fingerprint density at radius 1 is 0.914 bits per heavy atom. The number of ether oxygens (including phenoxy) is 2. The van der Waals surface area contributed by atoms with Crippen molar-refractivity contribution in [3.63, 3.8) is 0 Å². The predicted octanol–water partition coefficient (Wildman–Crippen LogP) is 4.35. The number of anilines is 1. The lowest BCUT2D eigenvalue weighted by molar-refractivity contribution is -0.119. The van der Waals surface area contributed by atoms with Gasteiger partial charge >= 0.3 is 0 Å². The summed E-state index contributed by atoms with van der Waals surface area (Å²) in [6.45, 7) is 4.56. The average molecular weight is 497 g/mol. The molecule has 0 spiro atoms. The fourth-order valence-electron chi connectivity index (χ4n) is 3.53. The topological polar surface area (TPSA) is 84.9 Å². The number of hydrogen-bond acceptors (Lipinski definition) is 5. The van der Waals surface area contributed by atoms with Gasteiger partial charge < -0.3 is 14.8 Å². The van der Waals surface area contributed by atoms with Crippen molar-refractivity contribution < 1.29 is 22.7 Å². The molecule has 0 fully saturated rings. The highest BCUT2D eigenvalue weighted by atomic mass is 32.2. The minimum absolute atomic E-state index is 0.127. The summed E-state index contributed by atoms with van der Waals surface area (Å²) in [6, 6.07) is 21.0. The number of carbonyl (C=O) groups excluding carboxylic acids is 1. The van der Waals surface area contributed by atoms with E-state index in [0.717, 1.165) is 34.0 Å². The summed E-state index contributed by atoms with van der Waals surface area (Å²) in [7, 11) is -2.41. The van der Waals surface area contributed by atoms with E-state index in [1.165, 1.54) is 7.11 Å². The largest absolute Gasteiger partial charge is 0.497 e. The Labute approximate surface area is 207 Å². The predicted molar refractivity (Wildman–Crippen MR) is 138 cm³/mol. The monoisotopic (exact) mass is 496 g/mol. The lowest BCUT2D eigenvalue weighted by Crippen LogP contribution is -2.41. The maximum absolute atomic E-state index is 13.4. The van der Waals surface area contributed by atoms with Crippen molar-refractivity contribution in [2.24, 2.45) is 0 Å². The molecule has 0 aliphatic carbocycles. The molecule has 8 heteroatoms. The lowest BCUT2D eigenvalue weighted by Gasteiger charge is -2.24. The van der Waals surface area contributed by atoms with Crippen LogP contribution in [-0.2, 0) is 21.2 Å². The van der Waals surface area contributed by atoms with Gasteiger partial charge in [0.1, 0.15) is 18.0 Å². The summed E-state index contributed by atoms with van der Waals surface area (Å²) in [5, 5.41) is 2.85. The van der Waals surface area contributed by atoms with E-state index in [9.17, 15) is 13.2 Å². The van der Waals surface area contributed by atoms with Crippen LogP contribution in [0.1, 0.15) is 24.5 Å². The first-order valence-electron chi connectivity index (χ1n) is 11.6. The Bertz CT molecular complexity index is 1190. The van der Waals surface area contributed by atoms with Crippen LogP contribution in [0.2, 0.25) is 0 Å². The molecule has 35 heavy (non-hydrogen) atoms. The number of nitrogens with zero attached hydrogens (tertiary/aromatic N) is 1. The Balaban J connectivity index is 1.66. The van der Waals surface area contributed by atoms with Crippen LogP contribution in [-0.4, -0.2) is 41.1 Å². The van der Waals surface area contributed by atoms with Crippen molar-refractivity contribution in [2.75, 3.05) is 31.1 Å². The highest BCUT2D eigenvalue weighted by molar-refractivity contribution is 7.92. The van der Waals surface area contributed by atoms with Gasteiger partial charge in [0, 0.05) is 6.54 Å². The van der Waals surface area contributed by atoms with Crippen LogP contribution < -0.4 is 19.1 Å². The smallest absolute Gasteiger partial charge is 0.264 e. The summed E-state index contributed by atoms with van der Waals surface area (Å²) in [6.07, 6.45) is 1.52. The van der Waals surface area contributed by atoms with Gasteiger partial charge in [-0.25, -0.2) is 8.42 Å². The van der Waals surface area contributed by atoms with Gasteiger partial charge in [0.15, 0.2) is 0 Å². The van der Waals surface area contributed by atoms with Gasteiger partial charge in [-0.15, -0.1) is 0 Å². The summed E-state index contributed by atoms with van der Waals surface area (Å²) in [5.74, 6) is 1.06. The average Bonchev–Trinajstić information content (AvgIpc) is 2.86. The molecule has 0 aromatic heterocycles. The van der Waals surface area contributed by atoms with Crippen molar-refractivity contribution in [3.8, 4) is 11.5 Å². The van der Waals surface area contributed by atoms with Crippen molar-refractivity contribution in [1.82, 2.24) is 5.32 Å². The molecule has 3 aromatic carbocycles. The minimum Gasteiger partial charge on any atom is -0.497 e. The van der Waals surface area contributed by atoms with Crippen LogP contribution in [0.3, 0.4) is 0 Å². The van der Waals surface area contributed by atoms with Crippen LogP contribution in [0, 0.1) is 6.92 Å². The van der Waals surface area contributed by atoms with E-state index >= 15 is 0 Å². The number of carbonyl (C=O) groups is 1. The number of sulfonamides is 1. The van der Waals surface area contributed by atoms with E-state index in [1.54, 1.807) is 48.5 Å². The second kappa shape index (κ2) is 12.3. The second-order valence-corrected chi connectivity index (χ2v) is 9.92. The summed E-state index contributed by atoms with van der Waals surface area (Å²) in [4.78, 5) is 12.9. The van der Waals surface area contributed by atoms with Gasteiger partial charge in [-0.1, -0.05) is 29.8 Å². The molecule has 0 saturated heterocycles. The number of hydrogen-bond donors (Lipinski definition) is 1. The van der Waals surface area contributed by atoms with Crippen molar-refractivity contribution in [1.29, 1.82) is 0 Å². The molecule has 0 bridgehead atoms. The molecule has 0 unspecified atom stereocenters. The molecule has 3 aromatic rings. The van der Waals surface area contributed by atoms with Gasteiger partial charge in [-0.05, 0) is 80.8 Å². The zero-order valence-electron chi connectivity index (χ0n) is 20.4. The molecule has 186 valence electrons. The van der Waals surface area contributed by atoms with Crippen LogP contribution in [0.4, 0.5) is 5.69 Å². The molecule has 7 nitrogen and oxygen atoms in total. The SMILES string of the molecule is CCOc1ccc(CCCNC(=O)CN(c2ccc(OC)cc2)S(=O)(=O)c2ccc(C)cc2)cc1. The Hall–Kier alpha value is -3.52. The van der Waals surface area contributed by atoms with E-state index in [-0.39, 0.29) is 17.3 Å². The van der Waals surface area contributed by atoms with E-state index in [2.05, 4.69) is 5.32 Å². The molecule has 0 radical (unpaired) electrons. The molecule has 0 heterocycles. The van der Waals surface area contributed by atoms with Gasteiger partial charge in [0.25, 0.3) is 10.0 Å². The standard InChI is InChI=1S/C27H32N2O5S/c1-4-34-25-13-9-22(10-14-25)6-5-19-28-27(30)20-29(23-11-15-24(33-3)16-12-23)35(31,32)26-17-7-21(2)8-18-26/h7-18H,4-6,19-20H2,1-3H3,(H,28,30). The number of methoxy groups -OCH3 is 1. The number of benzene rings is 3.